The predicted molar refractivity (Wildman–Crippen MR) is 81.2 cm³/mol. The molecule has 0 saturated heterocycles. The molecule has 2 N–H and O–H groups in total. The highest BCUT2D eigenvalue weighted by atomic mass is 32.2. The summed E-state index contributed by atoms with van der Waals surface area (Å²) < 4.78 is 41.8. The van der Waals surface area contributed by atoms with Crippen LogP contribution in [0.2, 0.25) is 0 Å². The standard InChI is InChI=1S/C14H14FNO4S2/c15-14(6-10(7-14)13(17)18)8-16-22(19,20)12-5-9-3-1-2-4-11(9)21-12/h1-5,10,16H,6-8H2,(H,17,18). The largest absolute Gasteiger partial charge is 0.481 e. The summed E-state index contributed by atoms with van der Waals surface area (Å²) in [5.74, 6) is -1.76. The van der Waals surface area contributed by atoms with Gasteiger partial charge in [-0.05, 0) is 30.4 Å². The average Bonchev–Trinajstić information content (AvgIpc) is 2.87. The minimum absolute atomic E-state index is 0.131. The van der Waals surface area contributed by atoms with Crippen molar-refractivity contribution >= 4 is 37.4 Å². The van der Waals surface area contributed by atoms with Gasteiger partial charge in [0.2, 0.25) is 10.0 Å². The highest BCUT2D eigenvalue weighted by Gasteiger charge is 2.48. The lowest BCUT2D eigenvalue weighted by Gasteiger charge is -2.38. The summed E-state index contributed by atoms with van der Waals surface area (Å²) >= 11 is 1.12. The van der Waals surface area contributed by atoms with E-state index in [1.165, 1.54) is 0 Å². The first-order valence-corrected chi connectivity index (χ1v) is 8.99. The van der Waals surface area contributed by atoms with Gasteiger partial charge in [0.1, 0.15) is 9.88 Å². The number of carboxylic acids is 1. The van der Waals surface area contributed by atoms with Gasteiger partial charge < -0.3 is 5.11 Å². The van der Waals surface area contributed by atoms with E-state index in [-0.39, 0.29) is 17.1 Å². The number of benzene rings is 1. The van der Waals surface area contributed by atoms with Gasteiger partial charge in [-0.1, -0.05) is 18.2 Å². The highest BCUT2D eigenvalue weighted by molar-refractivity contribution is 7.91. The SMILES string of the molecule is O=C(O)C1CC(F)(CNS(=O)(=O)c2cc3ccccc3s2)C1. The number of nitrogens with one attached hydrogen (secondary N) is 1. The molecule has 2 aromatic rings. The summed E-state index contributed by atoms with van der Waals surface area (Å²) in [7, 11) is -3.79. The van der Waals surface area contributed by atoms with Crippen LogP contribution in [-0.4, -0.2) is 31.7 Å². The van der Waals surface area contributed by atoms with Gasteiger partial charge in [0.25, 0.3) is 0 Å². The molecule has 1 aromatic heterocycles. The summed E-state index contributed by atoms with van der Waals surface area (Å²) in [6.45, 7) is -0.395. The van der Waals surface area contributed by atoms with E-state index < -0.39 is 34.1 Å². The molecular formula is C14H14FNO4S2. The van der Waals surface area contributed by atoms with Crippen LogP contribution in [0.15, 0.2) is 34.5 Å². The second-order valence-corrected chi connectivity index (χ2v) is 8.60. The normalized spacial score (nSPS) is 25.0. The Morgan fingerprint density at radius 2 is 2.09 bits per heavy atom. The maximum Gasteiger partial charge on any atom is 0.306 e. The van der Waals surface area contributed by atoms with E-state index in [1.54, 1.807) is 6.07 Å². The van der Waals surface area contributed by atoms with Crippen LogP contribution >= 0.6 is 11.3 Å². The Bertz CT molecular complexity index is 791. The maximum atomic E-state index is 14.2. The van der Waals surface area contributed by atoms with Crippen molar-refractivity contribution in [3.05, 3.63) is 30.3 Å². The quantitative estimate of drug-likeness (QED) is 0.873. The first-order valence-electron chi connectivity index (χ1n) is 6.69. The average molecular weight is 343 g/mol. The van der Waals surface area contributed by atoms with E-state index in [0.717, 1.165) is 21.4 Å². The summed E-state index contributed by atoms with van der Waals surface area (Å²) in [4.78, 5) is 10.7. The third-order valence-electron chi connectivity index (χ3n) is 3.82. The van der Waals surface area contributed by atoms with Crippen molar-refractivity contribution in [3.63, 3.8) is 0 Å². The molecule has 3 rings (SSSR count). The van der Waals surface area contributed by atoms with Gasteiger partial charge in [0.15, 0.2) is 0 Å². The summed E-state index contributed by atoms with van der Waals surface area (Å²) in [5, 5.41) is 9.57. The van der Waals surface area contributed by atoms with Crippen molar-refractivity contribution < 1.29 is 22.7 Å². The van der Waals surface area contributed by atoms with Crippen LogP contribution in [0.4, 0.5) is 4.39 Å². The number of halogens is 1. The zero-order chi connectivity index (χ0) is 16.0. The third kappa shape index (κ3) is 2.86. The monoisotopic (exact) mass is 343 g/mol. The molecule has 0 amide bonds. The van der Waals surface area contributed by atoms with E-state index in [1.807, 2.05) is 24.3 Å². The molecule has 0 radical (unpaired) electrons. The molecule has 8 heteroatoms. The molecule has 1 aliphatic carbocycles. The van der Waals surface area contributed by atoms with E-state index in [2.05, 4.69) is 4.72 Å². The van der Waals surface area contributed by atoms with Crippen LogP contribution in [0, 0.1) is 5.92 Å². The highest BCUT2D eigenvalue weighted by Crippen LogP contribution is 2.41. The number of hydrogen-bond donors (Lipinski definition) is 2. The summed E-state index contributed by atoms with van der Waals surface area (Å²) in [5.41, 5.74) is -1.77. The molecule has 0 bridgehead atoms. The topological polar surface area (TPSA) is 83.5 Å². The molecule has 1 saturated carbocycles. The van der Waals surface area contributed by atoms with Gasteiger partial charge in [-0.2, -0.15) is 0 Å². The molecule has 0 unspecified atom stereocenters. The fourth-order valence-electron chi connectivity index (χ4n) is 2.53. The lowest BCUT2D eigenvalue weighted by molar-refractivity contribution is -0.151. The minimum Gasteiger partial charge on any atom is -0.481 e. The van der Waals surface area contributed by atoms with Gasteiger partial charge in [-0.15, -0.1) is 11.3 Å². The van der Waals surface area contributed by atoms with Crippen molar-refractivity contribution in [1.82, 2.24) is 4.72 Å². The number of aliphatic carboxylic acids is 1. The summed E-state index contributed by atoms with van der Waals surface area (Å²) in [6, 6.07) is 8.81. The van der Waals surface area contributed by atoms with Crippen LogP contribution < -0.4 is 4.72 Å². The zero-order valence-corrected chi connectivity index (χ0v) is 13.1. The fraction of sp³-hybridized carbons (Fsp3) is 0.357. The zero-order valence-electron chi connectivity index (χ0n) is 11.5. The van der Waals surface area contributed by atoms with Crippen molar-refractivity contribution in [2.45, 2.75) is 22.7 Å². The molecule has 1 aromatic carbocycles. The number of carboxylic acid groups (broad SMARTS) is 1. The molecule has 1 fully saturated rings. The Hall–Kier alpha value is -1.51. The number of thiophene rings is 1. The molecule has 1 aliphatic rings. The second kappa shape index (κ2) is 5.29. The van der Waals surface area contributed by atoms with Crippen molar-refractivity contribution in [3.8, 4) is 0 Å². The van der Waals surface area contributed by atoms with Crippen LogP contribution in [-0.2, 0) is 14.8 Å². The van der Waals surface area contributed by atoms with Gasteiger partial charge in [-0.25, -0.2) is 17.5 Å². The van der Waals surface area contributed by atoms with Gasteiger partial charge in [-0.3, -0.25) is 4.79 Å². The molecule has 5 nitrogen and oxygen atoms in total. The first kappa shape index (κ1) is 15.4. The van der Waals surface area contributed by atoms with Gasteiger partial charge in [0, 0.05) is 11.2 Å². The maximum absolute atomic E-state index is 14.2. The number of alkyl halides is 1. The summed E-state index contributed by atoms with van der Waals surface area (Å²) in [6.07, 6.45) is -0.311. The predicted octanol–water partition coefficient (Wildman–Crippen LogP) is 2.38. The molecule has 22 heavy (non-hydrogen) atoms. The molecular weight excluding hydrogens is 329 g/mol. The third-order valence-corrected chi connectivity index (χ3v) is 6.81. The lowest BCUT2D eigenvalue weighted by Crippen LogP contribution is -2.50. The number of fused-ring (bicyclic) bond motifs is 1. The van der Waals surface area contributed by atoms with Gasteiger partial charge >= 0.3 is 5.97 Å². The van der Waals surface area contributed by atoms with Gasteiger partial charge in [0.05, 0.1) is 5.92 Å². The van der Waals surface area contributed by atoms with E-state index in [4.69, 9.17) is 5.11 Å². The molecule has 118 valence electrons. The molecule has 1 heterocycles. The molecule has 0 atom stereocenters. The van der Waals surface area contributed by atoms with E-state index in [9.17, 15) is 17.6 Å². The lowest BCUT2D eigenvalue weighted by atomic mass is 9.72. The number of hydrogen-bond acceptors (Lipinski definition) is 4. The Labute approximate surface area is 130 Å². The minimum atomic E-state index is -3.79. The van der Waals surface area contributed by atoms with E-state index in [0.29, 0.717) is 0 Å². The first-order chi connectivity index (χ1) is 10.3. The Morgan fingerprint density at radius 3 is 2.73 bits per heavy atom. The van der Waals surface area contributed by atoms with Crippen molar-refractivity contribution in [2.75, 3.05) is 6.54 Å². The number of sulfonamides is 1. The Morgan fingerprint density at radius 1 is 1.41 bits per heavy atom. The van der Waals surface area contributed by atoms with Crippen molar-refractivity contribution in [1.29, 1.82) is 0 Å². The molecule has 0 spiro atoms. The Balaban J connectivity index is 1.70. The van der Waals surface area contributed by atoms with Crippen LogP contribution in [0.25, 0.3) is 10.1 Å². The molecule has 0 aliphatic heterocycles. The number of rotatable bonds is 5. The number of carbonyl (C=O) groups is 1. The van der Waals surface area contributed by atoms with Crippen molar-refractivity contribution in [2.24, 2.45) is 5.92 Å². The second-order valence-electron chi connectivity index (χ2n) is 5.52. The van der Waals surface area contributed by atoms with Crippen LogP contribution in [0.3, 0.4) is 0 Å². The smallest absolute Gasteiger partial charge is 0.306 e. The Kier molecular flexibility index (Phi) is 3.70. The van der Waals surface area contributed by atoms with Crippen LogP contribution in [0.5, 0.6) is 0 Å². The van der Waals surface area contributed by atoms with Crippen LogP contribution in [0.1, 0.15) is 12.8 Å². The fourth-order valence-corrected chi connectivity index (χ4v) is 5.08. The van der Waals surface area contributed by atoms with E-state index >= 15 is 0 Å².